The van der Waals surface area contributed by atoms with E-state index in [1.165, 1.54) is 30.5 Å². The number of carbonyl (C=O) groups is 1. The fourth-order valence-corrected chi connectivity index (χ4v) is 1.81. The molecular formula is C13H12N2O5. The number of aromatic hydroxyl groups is 1. The number of nitrogens with one attached hydrogen (secondary N) is 1. The molecule has 0 saturated carbocycles. The van der Waals surface area contributed by atoms with Crippen LogP contribution in [0.3, 0.4) is 0 Å². The van der Waals surface area contributed by atoms with Crippen LogP contribution in [0.4, 0.5) is 11.4 Å². The normalized spacial score (nSPS) is 10.2. The molecule has 2 rings (SSSR count). The molecule has 0 aliphatic rings. The highest BCUT2D eigenvalue weighted by atomic mass is 16.6. The van der Waals surface area contributed by atoms with Gasteiger partial charge in [-0.2, -0.15) is 0 Å². The minimum atomic E-state index is -0.675. The Morgan fingerprint density at radius 1 is 1.45 bits per heavy atom. The first kappa shape index (κ1) is 13.6. The second kappa shape index (κ2) is 5.43. The van der Waals surface area contributed by atoms with Crippen LogP contribution in [0.25, 0.3) is 0 Å². The lowest BCUT2D eigenvalue weighted by Gasteiger charge is -2.07. The molecule has 2 aromatic rings. The fraction of sp³-hybridized carbons (Fsp3) is 0.154. The number of phenols is 1. The van der Waals surface area contributed by atoms with Crippen molar-refractivity contribution in [1.29, 1.82) is 0 Å². The van der Waals surface area contributed by atoms with E-state index in [-0.39, 0.29) is 22.7 Å². The van der Waals surface area contributed by atoms with Crippen LogP contribution >= 0.6 is 0 Å². The molecule has 1 heterocycles. The van der Waals surface area contributed by atoms with Crippen molar-refractivity contribution >= 4 is 17.3 Å². The fourth-order valence-electron chi connectivity index (χ4n) is 1.81. The summed E-state index contributed by atoms with van der Waals surface area (Å²) in [6.07, 6.45) is 1.88. The van der Waals surface area contributed by atoms with Crippen LogP contribution in [0, 0.1) is 10.1 Å². The van der Waals surface area contributed by atoms with Crippen LogP contribution in [0.15, 0.2) is 34.9 Å². The van der Waals surface area contributed by atoms with E-state index >= 15 is 0 Å². The average Bonchev–Trinajstić information content (AvgIpc) is 2.89. The SMILES string of the molecule is CCc1occc1C(=O)Nc1c(O)cccc1[N+](=O)[O-]. The standard InChI is InChI=1S/C13H12N2O5/c1-2-11-8(6-7-20-11)13(17)14-12-9(15(18)19)4-3-5-10(12)16/h3-7,16H,2H2,1H3,(H,14,17). The van der Waals surface area contributed by atoms with Crippen LogP contribution in [0.1, 0.15) is 23.0 Å². The van der Waals surface area contributed by atoms with E-state index in [2.05, 4.69) is 5.32 Å². The van der Waals surface area contributed by atoms with E-state index in [1.54, 1.807) is 0 Å². The summed E-state index contributed by atoms with van der Waals surface area (Å²) in [5.74, 6) is -0.463. The zero-order valence-corrected chi connectivity index (χ0v) is 10.6. The number of nitrogens with zero attached hydrogens (tertiary/aromatic N) is 1. The first-order valence-corrected chi connectivity index (χ1v) is 5.88. The third kappa shape index (κ3) is 2.46. The van der Waals surface area contributed by atoms with Crippen molar-refractivity contribution in [2.75, 3.05) is 5.32 Å². The highest BCUT2D eigenvalue weighted by molar-refractivity contribution is 6.06. The van der Waals surface area contributed by atoms with Gasteiger partial charge < -0.3 is 14.8 Å². The number of furan rings is 1. The molecule has 20 heavy (non-hydrogen) atoms. The summed E-state index contributed by atoms with van der Waals surface area (Å²) in [6.45, 7) is 1.82. The zero-order valence-electron chi connectivity index (χ0n) is 10.6. The summed E-state index contributed by atoms with van der Waals surface area (Å²) in [5.41, 5.74) is -0.323. The van der Waals surface area contributed by atoms with Crippen molar-refractivity contribution in [3.8, 4) is 5.75 Å². The van der Waals surface area contributed by atoms with E-state index in [0.29, 0.717) is 12.2 Å². The molecule has 0 aliphatic heterocycles. The van der Waals surface area contributed by atoms with Crippen molar-refractivity contribution in [1.82, 2.24) is 0 Å². The van der Waals surface area contributed by atoms with Gasteiger partial charge in [-0.15, -0.1) is 0 Å². The zero-order chi connectivity index (χ0) is 14.7. The maximum atomic E-state index is 12.1. The Morgan fingerprint density at radius 2 is 2.20 bits per heavy atom. The van der Waals surface area contributed by atoms with Crippen molar-refractivity contribution in [2.45, 2.75) is 13.3 Å². The first-order valence-electron chi connectivity index (χ1n) is 5.88. The molecule has 0 unspecified atom stereocenters. The molecule has 0 aliphatic carbocycles. The van der Waals surface area contributed by atoms with Crippen LogP contribution in [-0.4, -0.2) is 15.9 Å². The van der Waals surface area contributed by atoms with Gasteiger partial charge in [-0.05, 0) is 12.1 Å². The van der Waals surface area contributed by atoms with Gasteiger partial charge in [0.1, 0.15) is 11.5 Å². The Bertz CT molecular complexity index is 663. The van der Waals surface area contributed by atoms with Crippen LogP contribution in [0.2, 0.25) is 0 Å². The van der Waals surface area contributed by atoms with E-state index in [0.717, 1.165) is 0 Å². The third-order valence-corrected chi connectivity index (χ3v) is 2.77. The smallest absolute Gasteiger partial charge is 0.296 e. The molecular weight excluding hydrogens is 264 g/mol. The molecule has 1 amide bonds. The molecule has 0 radical (unpaired) electrons. The Hall–Kier alpha value is -2.83. The quantitative estimate of drug-likeness (QED) is 0.507. The molecule has 2 N–H and O–H groups in total. The number of anilines is 1. The number of nitro groups is 1. The minimum Gasteiger partial charge on any atom is -0.505 e. The second-order valence-corrected chi connectivity index (χ2v) is 3.99. The second-order valence-electron chi connectivity index (χ2n) is 3.99. The summed E-state index contributed by atoms with van der Waals surface area (Å²) >= 11 is 0. The van der Waals surface area contributed by atoms with Gasteiger partial charge in [0.25, 0.3) is 11.6 Å². The first-order chi connectivity index (χ1) is 9.54. The van der Waals surface area contributed by atoms with Crippen molar-refractivity contribution < 1.29 is 19.2 Å². The molecule has 1 aromatic heterocycles. The molecule has 1 aromatic carbocycles. The lowest BCUT2D eigenvalue weighted by atomic mass is 10.2. The summed E-state index contributed by atoms with van der Waals surface area (Å²) in [5, 5.41) is 22.9. The van der Waals surface area contributed by atoms with Crippen molar-refractivity contribution in [3.05, 3.63) is 52.0 Å². The summed E-state index contributed by atoms with van der Waals surface area (Å²) in [7, 11) is 0. The maximum absolute atomic E-state index is 12.1. The number of hydrogen-bond acceptors (Lipinski definition) is 5. The number of aryl methyl sites for hydroxylation is 1. The topological polar surface area (TPSA) is 106 Å². The Labute approximate surface area is 114 Å². The number of benzene rings is 1. The lowest BCUT2D eigenvalue weighted by Crippen LogP contribution is -2.14. The lowest BCUT2D eigenvalue weighted by molar-refractivity contribution is -0.384. The van der Waals surface area contributed by atoms with E-state index < -0.39 is 10.8 Å². The van der Waals surface area contributed by atoms with Gasteiger partial charge in [-0.25, -0.2) is 0 Å². The highest BCUT2D eigenvalue weighted by Gasteiger charge is 2.21. The van der Waals surface area contributed by atoms with Gasteiger partial charge >= 0.3 is 0 Å². The molecule has 0 bridgehead atoms. The number of carbonyl (C=O) groups excluding carboxylic acids is 1. The van der Waals surface area contributed by atoms with Gasteiger partial charge in [0.15, 0.2) is 5.69 Å². The van der Waals surface area contributed by atoms with Crippen LogP contribution in [0.5, 0.6) is 5.75 Å². The highest BCUT2D eigenvalue weighted by Crippen LogP contribution is 2.33. The molecule has 0 spiro atoms. The molecule has 7 heteroatoms. The number of para-hydroxylation sites is 1. The van der Waals surface area contributed by atoms with E-state index in [9.17, 15) is 20.0 Å². The predicted octanol–water partition coefficient (Wildman–Crippen LogP) is 2.71. The predicted molar refractivity (Wildman–Crippen MR) is 70.8 cm³/mol. The average molecular weight is 276 g/mol. The molecule has 7 nitrogen and oxygen atoms in total. The molecule has 0 saturated heterocycles. The summed E-state index contributed by atoms with van der Waals surface area (Å²) < 4.78 is 5.12. The molecule has 0 fully saturated rings. The third-order valence-electron chi connectivity index (χ3n) is 2.77. The Balaban J connectivity index is 2.35. The molecule has 0 atom stereocenters. The number of hydrogen-bond donors (Lipinski definition) is 2. The van der Waals surface area contributed by atoms with E-state index in [1.807, 2.05) is 6.92 Å². The van der Waals surface area contributed by atoms with Crippen molar-refractivity contribution in [3.63, 3.8) is 0 Å². The largest absolute Gasteiger partial charge is 0.505 e. The Morgan fingerprint density at radius 3 is 2.85 bits per heavy atom. The van der Waals surface area contributed by atoms with Crippen LogP contribution < -0.4 is 5.32 Å². The summed E-state index contributed by atoms with van der Waals surface area (Å²) in [4.78, 5) is 22.3. The monoisotopic (exact) mass is 276 g/mol. The van der Waals surface area contributed by atoms with Gasteiger partial charge in [0.05, 0.1) is 16.7 Å². The number of nitro benzene ring substituents is 1. The number of phenolic OH excluding ortho intramolecular Hbond substituents is 1. The van der Waals surface area contributed by atoms with Gasteiger partial charge in [0, 0.05) is 12.5 Å². The number of amides is 1. The van der Waals surface area contributed by atoms with Crippen molar-refractivity contribution in [2.24, 2.45) is 0 Å². The number of rotatable bonds is 4. The minimum absolute atomic E-state index is 0.231. The van der Waals surface area contributed by atoms with Gasteiger partial charge in [-0.1, -0.05) is 13.0 Å². The maximum Gasteiger partial charge on any atom is 0.296 e. The summed E-state index contributed by atoms with van der Waals surface area (Å²) in [6, 6.07) is 5.27. The van der Waals surface area contributed by atoms with Crippen LogP contribution in [-0.2, 0) is 6.42 Å². The molecule has 104 valence electrons. The van der Waals surface area contributed by atoms with Gasteiger partial charge in [0.2, 0.25) is 0 Å². The Kier molecular flexibility index (Phi) is 3.69. The van der Waals surface area contributed by atoms with E-state index in [4.69, 9.17) is 4.42 Å². The van der Waals surface area contributed by atoms with Gasteiger partial charge in [-0.3, -0.25) is 14.9 Å².